The van der Waals surface area contributed by atoms with Gasteiger partial charge in [-0.1, -0.05) is 6.42 Å². The summed E-state index contributed by atoms with van der Waals surface area (Å²) >= 11 is 1.19. The van der Waals surface area contributed by atoms with Crippen LogP contribution >= 0.6 is 11.8 Å². The van der Waals surface area contributed by atoms with Gasteiger partial charge in [-0.15, -0.1) is 11.8 Å². The fraction of sp³-hybridized carbons (Fsp3) is 0.391. The number of ether oxygens (including phenoxy) is 1. The Morgan fingerprint density at radius 1 is 0.879 bits per heavy atom. The molecular weight excluding hydrogens is 462 g/mol. The molecule has 1 aliphatic rings. The minimum Gasteiger partial charge on any atom is -0.494 e. The van der Waals surface area contributed by atoms with Crippen molar-refractivity contribution in [3.8, 4) is 5.75 Å². The van der Waals surface area contributed by atoms with Gasteiger partial charge in [-0.2, -0.15) is 4.31 Å². The molecule has 8 nitrogen and oxygen atoms in total. The second-order valence-electron chi connectivity index (χ2n) is 7.54. The van der Waals surface area contributed by atoms with Crippen LogP contribution in [0.25, 0.3) is 0 Å². The van der Waals surface area contributed by atoms with E-state index in [1.165, 1.54) is 28.2 Å². The van der Waals surface area contributed by atoms with Gasteiger partial charge in [-0.05, 0) is 68.3 Å². The lowest BCUT2D eigenvalue weighted by Crippen LogP contribution is -2.35. The number of hydrogen-bond acceptors (Lipinski definition) is 6. The second-order valence-corrected chi connectivity index (χ2v) is 10.5. The SMILES string of the molecule is CCOc1ccc(NC(=O)CSCC(=O)Nc2ccc(S(=O)(=O)N3CCCCC3)cc2)cc1. The molecule has 1 saturated heterocycles. The normalized spacial score (nSPS) is 14.5. The van der Waals surface area contributed by atoms with Crippen LogP contribution in [0.3, 0.4) is 0 Å². The molecule has 0 saturated carbocycles. The second kappa shape index (κ2) is 12.1. The molecular formula is C23H29N3O5S2. The van der Waals surface area contributed by atoms with Crippen LogP contribution in [0.15, 0.2) is 53.4 Å². The highest BCUT2D eigenvalue weighted by Gasteiger charge is 2.25. The third kappa shape index (κ3) is 7.48. The monoisotopic (exact) mass is 491 g/mol. The molecule has 10 heteroatoms. The van der Waals surface area contributed by atoms with Crippen LogP contribution in [0.1, 0.15) is 26.2 Å². The van der Waals surface area contributed by atoms with Crippen LogP contribution < -0.4 is 15.4 Å². The van der Waals surface area contributed by atoms with Crippen LogP contribution in [-0.4, -0.2) is 55.7 Å². The zero-order chi connectivity index (χ0) is 23.7. The number of sulfonamides is 1. The number of nitrogens with zero attached hydrogens (tertiary/aromatic N) is 1. The molecule has 0 bridgehead atoms. The number of piperidine rings is 1. The van der Waals surface area contributed by atoms with Gasteiger partial charge in [0.2, 0.25) is 21.8 Å². The van der Waals surface area contributed by atoms with Gasteiger partial charge >= 0.3 is 0 Å². The van der Waals surface area contributed by atoms with Crippen molar-refractivity contribution in [3.05, 3.63) is 48.5 Å². The van der Waals surface area contributed by atoms with Gasteiger partial charge < -0.3 is 15.4 Å². The molecule has 2 aromatic carbocycles. The van der Waals surface area contributed by atoms with E-state index >= 15 is 0 Å². The maximum Gasteiger partial charge on any atom is 0.243 e. The molecule has 0 aliphatic carbocycles. The molecule has 2 N–H and O–H groups in total. The number of anilines is 2. The van der Waals surface area contributed by atoms with Gasteiger partial charge in [0, 0.05) is 24.5 Å². The van der Waals surface area contributed by atoms with Gasteiger partial charge in [0.15, 0.2) is 0 Å². The lowest BCUT2D eigenvalue weighted by Gasteiger charge is -2.25. The van der Waals surface area contributed by atoms with E-state index in [9.17, 15) is 18.0 Å². The average Bonchev–Trinajstić information content (AvgIpc) is 2.81. The smallest absolute Gasteiger partial charge is 0.243 e. The Kier molecular flexibility index (Phi) is 9.16. The molecule has 0 radical (unpaired) electrons. The summed E-state index contributed by atoms with van der Waals surface area (Å²) in [6, 6.07) is 13.3. The number of rotatable bonds is 10. The Morgan fingerprint density at radius 2 is 1.39 bits per heavy atom. The van der Waals surface area contributed by atoms with Gasteiger partial charge in [-0.3, -0.25) is 9.59 Å². The van der Waals surface area contributed by atoms with E-state index in [1.54, 1.807) is 36.4 Å². The molecule has 0 aromatic heterocycles. The number of benzene rings is 2. The summed E-state index contributed by atoms with van der Waals surface area (Å²) in [5.74, 6) is 0.501. The molecule has 1 heterocycles. The van der Waals surface area contributed by atoms with Gasteiger partial charge in [0.25, 0.3) is 0 Å². The third-order valence-electron chi connectivity index (χ3n) is 5.01. The molecule has 33 heavy (non-hydrogen) atoms. The van der Waals surface area contributed by atoms with Crippen molar-refractivity contribution < 1.29 is 22.7 Å². The molecule has 2 amide bonds. The molecule has 0 atom stereocenters. The van der Waals surface area contributed by atoms with Crippen molar-refractivity contribution in [2.24, 2.45) is 0 Å². The zero-order valence-corrected chi connectivity index (χ0v) is 20.2. The average molecular weight is 492 g/mol. The van der Waals surface area contributed by atoms with E-state index < -0.39 is 10.0 Å². The quantitative estimate of drug-likeness (QED) is 0.527. The fourth-order valence-electron chi connectivity index (χ4n) is 3.40. The first-order valence-corrected chi connectivity index (χ1v) is 13.5. The first-order valence-electron chi connectivity index (χ1n) is 10.9. The predicted octanol–water partition coefficient (Wildman–Crippen LogP) is 3.57. The maximum absolute atomic E-state index is 12.7. The number of thioether (sulfide) groups is 1. The Hall–Kier alpha value is -2.56. The van der Waals surface area contributed by atoms with Crippen molar-refractivity contribution in [3.63, 3.8) is 0 Å². The van der Waals surface area contributed by atoms with Crippen molar-refractivity contribution in [2.45, 2.75) is 31.1 Å². The molecule has 0 spiro atoms. The first kappa shape index (κ1) is 25.1. The minimum atomic E-state index is -3.50. The molecule has 2 aromatic rings. The van der Waals surface area contributed by atoms with Crippen LogP contribution in [-0.2, 0) is 19.6 Å². The summed E-state index contributed by atoms with van der Waals surface area (Å²) in [6.07, 6.45) is 2.81. The number of amides is 2. The molecule has 1 fully saturated rings. The van der Waals surface area contributed by atoms with E-state index in [1.807, 2.05) is 6.92 Å². The number of carbonyl (C=O) groups excluding carboxylic acids is 2. The highest BCUT2D eigenvalue weighted by molar-refractivity contribution is 8.00. The summed E-state index contributed by atoms with van der Waals surface area (Å²) in [6.45, 7) is 3.57. The summed E-state index contributed by atoms with van der Waals surface area (Å²) in [4.78, 5) is 24.5. The van der Waals surface area contributed by atoms with Crippen molar-refractivity contribution in [1.82, 2.24) is 4.31 Å². The van der Waals surface area contributed by atoms with E-state index in [4.69, 9.17) is 4.74 Å². The molecule has 0 unspecified atom stereocenters. The molecule has 178 valence electrons. The fourth-order valence-corrected chi connectivity index (χ4v) is 5.53. The Morgan fingerprint density at radius 3 is 1.91 bits per heavy atom. The number of nitrogens with one attached hydrogen (secondary N) is 2. The van der Waals surface area contributed by atoms with E-state index in [0.717, 1.165) is 25.0 Å². The van der Waals surface area contributed by atoms with Crippen LogP contribution in [0, 0.1) is 0 Å². The molecule has 1 aliphatic heterocycles. The van der Waals surface area contributed by atoms with Gasteiger partial charge in [0.05, 0.1) is 23.0 Å². The van der Waals surface area contributed by atoms with Crippen LogP contribution in [0.4, 0.5) is 11.4 Å². The largest absolute Gasteiger partial charge is 0.494 e. The Balaban J connectivity index is 1.41. The highest BCUT2D eigenvalue weighted by Crippen LogP contribution is 2.22. The third-order valence-corrected chi connectivity index (χ3v) is 7.85. The zero-order valence-electron chi connectivity index (χ0n) is 18.6. The van der Waals surface area contributed by atoms with Crippen LogP contribution in [0.5, 0.6) is 5.75 Å². The number of carbonyl (C=O) groups is 2. The lowest BCUT2D eigenvalue weighted by atomic mass is 10.2. The molecule has 3 rings (SSSR count). The van der Waals surface area contributed by atoms with E-state index in [2.05, 4.69) is 10.6 Å². The Labute approximate surface area is 199 Å². The highest BCUT2D eigenvalue weighted by atomic mass is 32.2. The summed E-state index contributed by atoms with van der Waals surface area (Å²) in [5.41, 5.74) is 1.17. The minimum absolute atomic E-state index is 0.102. The lowest BCUT2D eigenvalue weighted by molar-refractivity contribution is -0.114. The first-order chi connectivity index (χ1) is 15.9. The summed E-state index contributed by atoms with van der Waals surface area (Å²) in [7, 11) is -3.50. The number of hydrogen-bond donors (Lipinski definition) is 2. The van der Waals surface area contributed by atoms with Crippen molar-refractivity contribution in [2.75, 3.05) is 41.8 Å². The maximum atomic E-state index is 12.7. The van der Waals surface area contributed by atoms with Crippen LogP contribution in [0.2, 0.25) is 0 Å². The predicted molar refractivity (Wildman–Crippen MR) is 131 cm³/mol. The summed E-state index contributed by atoms with van der Waals surface area (Å²) in [5, 5.41) is 5.50. The van der Waals surface area contributed by atoms with E-state index in [0.29, 0.717) is 31.1 Å². The standard InChI is InChI=1S/C23H29N3O5S2/c1-2-31-20-10-6-18(7-11-20)24-22(27)16-32-17-23(28)25-19-8-12-21(13-9-19)33(29,30)26-14-4-3-5-15-26/h6-13H,2-5,14-17H2,1H3,(H,24,27)(H,25,28). The summed E-state index contributed by atoms with van der Waals surface area (Å²) < 4.78 is 32.3. The van der Waals surface area contributed by atoms with Gasteiger partial charge in [0.1, 0.15) is 5.75 Å². The van der Waals surface area contributed by atoms with E-state index in [-0.39, 0.29) is 28.2 Å². The topological polar surface area (TPSA) is 105 Å². The Bertz CT molecular complexity index is 1030. The van der Waals surface area contributed by atoms with Crippen molar-refractivity contribution >= 4 is 45.0 Å². The van der Waals surface area contributed by atoms with Crippen molar-refractivity contribution in [1.29, 1.82) is 0 Å². The van der Waals surface area contributed by atoms with Gasteiger partial charge in [-0.25, -0.2) is 8.42 Å².